The molecule has 4 heteroatoms. The van der Waals surface area contributed by atoms with E-state index in [1.165, 1.54) is 16.5 Å². The summed E-state index contributed by atoms with van der Waals surface area (Å²) in [4.78, 5) is 4.32. The number of fused-ring (bicyclic) bond motifs is 1. The number of nitrogens with two attached hydrogens (primary N) is 1. The molecule has 3 nitrogen and oxygen atoms in total. The monoisotopic (exact) mass is 243 g/mol. The van der Waals surface area contributed by atoms with Crippen molar-refractivity contribution in [1.29, 1.82) is 0 Å². The van der Waals surface area contributed by atoms with Crippen LogP contribution in [0, 0.1) is 0 Å². The highest BCUT2D eigenvalue weighted by molar-refractivity contribution is 7.09. The number of para-hydroxylation sites is 1. The topological polar surface area (TPSA) is 43.8 Å². The van der Waals surface area contributed by atoms with Crippen LogP contribution in [0.25, 0.3) is 10.9 Å². The summed E-state index contributed by atoms with van der Waals surface area (Å²) < 4.78 is 2.22. The van der Waals surface area contributed by atoms with Crippen LogP contribution in [0.2, 0.25) is 0 Å². The first kappa shape index (κ1) is 10.5. The van der Waals surface area contributed by atoms with Crippen LogP contribution in [0.5, 0.6) is 0 Å². The van der Waals surface area contributed by atoms with Gasteiger partial charge in [0, 0.05) is 24.3 Å². The summed E-state index contributed by atoms with van der Waals surface area (Å²) in [6.07, 6.45) is 3.95. The van der Waals surface area contributed by atoms with Crippen molar-refractivity contribution in [3.05, 3.63) is 52.6 Å². The summed E-state index contributed by atoms with van der Waals surface area (Å²) in [5.74, 6) is 0. The lowest BCUT2D eigenvalue weighted by Crippen LogP contribution is -2.03. The maximum atomic E-state index is 5.79. The first-order valence-electron chi connectivity index (χ1n) is 5.53. The van der Waals surface area contributed by atoms with Gasteiger partial charge >= 0.3 is 0 Å². The number of benzene rings is 1. The van der Waals surface area contributed by atoms with E-state index in [0.29, 0.717) is 6.54 Å². The van der Waals surface area contributed by atoms with Crippen LogP contribution in [0.4, 0.5) is 0 Å². The number of hydrogen-bond donors (Lipinski definition) is 1. The predicted molar refractivity (Wildman–Crippen MR) is 71.0 cm³/mol. The largest absolute Gasteiger partial charge is 0.340 e. The lowest BCUT2D eigenvalue weighted by molar-refractivity contribution is 0.822. The molecule has 0 fully saturated rings. The Morgan fingerprint density at radius 3 is 3.00 bits per heavy atom. The number of rotatable bonds is 3. The van der Waals surface area contributed by atoms with Gasteiger partial charge in [0.1, 0.15) is 5.01 Å². The fourth-order valence-corrected chi connectivity index (χ4v) is 2.73. The fourth-order valence-electron chi connectivity index (χ4n) is 2.11. The Morgan fingerprint density at radius 1 is 1.29 bits per heavy atom. The third-order valence-electron chi connectivity index (χ3n) is 2.88. The van der Waals surface area contributed by atoms with Crippen molar-refractivity contribution in [1.82, 2.24) is 9.55 Å². The minimum atomic E-state index is 0.569. The molecule has 0 radical (unpaired) electrons. The maximum Gasteiger partial charge on any atom is 0.112 e. The van der Waals surface area contributed by atoms with E-state index in [1.54, 1.807) is 11.3 Å². The van der Waals surface area contributed by atoms with Crippen LogP contribution in [-0.2, 0) is 13.1 Å². The molecule has 0 unspecified atom stereocenters. The van der Waals surface area contributed by atoms with E-state index in [9.17, 15) is 0 Å². The van der Waals surface area contributed by atoms with Crippen LogP contribution in [0.1, 0.15) is 10.6 Å². The van der Waals surface area contributed by atoms with Gasteiger partial charge in [-0.3, -0.25) is 0 Å². The average molecular weight is 243 g/mol. The summed E-state index contributed by atoms with van der Waals surface area (Å²) in [5, 5.41) is 4.36. The lowest BCUT2D eigenvalue weighted by Gasteiger charge is -2.06. The van der Waals surface area contributed by atoms with Gasteiger partial charge in [0.05, 0.1) is 12.1 Å². The molecule has 2 heterocycles. The molecule has 0 atom stereocenters. The molecule has 0 aliphatic rings. The van der Waals surface area contributed by atoms with Gasteiger partial charge in [-0.25, -0.2) is 4.98 Å². The zero-order valence-electron chi connectivity index (χ0n) is 9.34. The highest BCUT2D eigenvalue weighted by Gasteiger charge is 2.06. The molecule has 0 aliphatic carbocycles. The standard InChI is InChI=1S/C13H13N3S/c14-8-11-3-1-2-10-4-6-16(13(10)11)9-12-15-5-7-17-12/h1-7H,8-9,14H2. The van der Waals surface area contributed by atoms with Gasteiger partial charge in [0.25, 0.3) is 0 Å². The van der Waals surface area contributed by atoms with Crippen molar-refractivity contribution in [2.45, 2.75) is 13.1 Å². The lowest BCUT2D eigenvalue weighted by atomic mass is 10.1. The van der Waals surface area contributed by atoms with Crippen molar-refractivity contribution in [2.24, 2.45) is 5.73 Å². The summed E-state index contributed by atoms with van der Waals surface area (Å²) in [6.45, 7) is 1.39. The van der Waals surface area contributed by atoms with Gasteiger partial charge in [0.2, 0.25) is 0 Å². The molecule has 0 spiro atoms. The Bertz CT molecular complexity index is 625. The van der Waals surface area contributed by atoms with Crippen molar-refractivity contribution >= 4 is 22.2 Å². The normalized spacial score (nSPS) is 11.1. The second kappa shape index (κ2) is 4.31. The Morgan fingerprint density at radius 2 is 2.24 bits per heavy atom. The number of aromatic nitrogens is 2. The first-order valence-corrected chi connectivity index (χ1v) is 6.41. The molecule has 86 valence electrons. The Kier molecular flexibility index (Phi) is 2.66. The van der Waals surface area contributed by atoms with E-state index in [0.717, 1.165) is 11.6 Å². The number of thiazole rings is 1. The Labute approximate surface area is 104 Å². The zero-order valence-corrected chi connectivity index (χ0v) is 10.2. The molecule has 2 aromatic heterocycles. The minimum Gasteiger partial charge on any atom is -0.340 e. The fraction of sp³-hybridized carbons (Fsp3) is 0.154. The van der Waals surface area contributed by atoms with E-state index in [1.807, 2.05) is 11.6 Å². The molecule has 17 heavy (non-hydrogen) atoms. The number of nitrogens with zero attached hydrogens (tertiary/aromatic N) is 2. The maximum absolute atomic E-state index is 5.79. The molecular weight excluding hydrogens is 230 g/mol. The Balaban J connectivity index is 2.10. The SMILES string of the molecule is NCc1cccc2ccn(Cc3nccs3)c12. The van der Waals surface area contributed by atoms with E-state index in [2.05, 4.69) is 40.0 Å². The van der Waals surface area contributed by atoms with Gasteiger partial charge < -0.3 is 10.3 Å². The molecule has 0 saturated heterocycles. The molecule has 0 bridgehead atoms. The molecule has 2 N–H and O–H groups in total. The third-order valence-corrected chi connectivity index (χ3v) is 3.65. The van der Waals surface area contributed by atoms with Gasteiger partial charge in [0.15, 0.2) is 0 Å². The van der Waals surface area contributed by atoms with Crippen LogP contribution in [0.15, 0.2) is 42.0 Å². The van der Waals surface area contributed by atoms with Gasteiger partial charge in [-0.1, -0.05) is 18.2 Å². The second-order valence-corrected chi connectivity index (χ2v) is 4.91. The molecule has 3 rings (SSSR count). The average Bonchev–Trinajstić information content (AvgIpc) is 2.99. The van der Waals surface area contributed by atoms with Gasteiger partial charge in [-0.05, 0) is 17.0 Å². The smallest absolute Gasteiger partial charge is 0.112 e. The van der Waals surface area contributed by atoms with Crippen LogP contribution >= 0.6 is 11.3 Å². The van der Waals surface area contributed by atoms with Crippen molar-refractivity contribution in [3.63, 3.8) is 0 Å². The van der Waals surface area contributed by atoms with E-state index in [-0.39, 0.29) is 0 Å². The molecular formula is C13H13N3S. The van der Waals surface area contributed by atoms with E-state index < -0.39 is 0 Å². The predicted octanol–water partition coefficient (Wildman–Crippen LogP) is 2.60. The molecule has 1 aromatic carbocycles. The van der Waals surface area contributed by atoms with Crippen LogP contribution < -0.4 is 5.73 Å². The summed E-state index contributed by atoms with van der Waals surface area (Å²) in [5.41, 5.74) is 8.20. The van der Waals surface area contributed by atoms with Gasteiger partial charge in [-0.15, -0.1) is 11.3 Å². The summed E-state index contributed by atoms with van der Waals surface area (Å²) in [7, 11) is 0. The zero-order chi connectivity index (χ0) is 11.7. The molecule has 0 aliphatic heterocycles. The Hall–Kier alpha value is -1.65. The molecule has 3 aromatic rings. The second-order valence-electron chi connectivity index (χ2n) is 3.93. The van der Waals surface area contributed by atoms with Crippen molar-refractivity contribution < 1.29 is 0 Å². The summed E-state index contributed by atoms with van der Waals surface area (Å²) >= 11 is 1.68. The van der Waals surface area contributed by atoms with Crippen LogP contribution in [0.3, 0.4) is 0 Å². The van der Waals surface area contributed by atoms with E-state index in [4.69, 9.17) is 5.73 Å². The molecule has 0 amide bonds. The third kappa shape index (κ3) is 1.85. The van der Waals surface area contributed by atoms with Crippen molar-refractivity contribution in [3.8, 4) is 0 Å². The van der Waals surface area contributed by atoms with Crippen molar-refractivity contribution in [2.75, 3.05) is 0 Å². The quantitative estimate of drug-likeness (QED) is 0.768. The number of hydrogen-bond acceptors (Lipinski definition) is 3. The highest BCUT2D eigenvalue weighted by Crippen LogP contribution is 2.21. The van der Waals surface area contributed by atoms with E-state index >= 15 is 0 Å². The summed E-state index contributed by atoms with van der Waals surface area (Å²) in [6, 6.07) is 8.38. The van der Waals surface area contributed by atoms with Crippen LogP contribution in [-0.4, -0.2) is 9.55 Å². The first-order chi connectivity index (χ1) is 8.38. The molecule has 0 saturated carbocycles. The highest BCUT2D eigenvalue weighted by atomic mass is 32.1. The van der Waals surface area contributed by atoms with Gasteiger partial charge in [-0.2, -0.15) is 0 Å². The minimum absolute atomic E-state index is 0.569.